The van der Waals surface area contributed by atoms with Crippen LogP contribution in [0.4, 0.5) is 0 Å². The van der Waals surface area contributed by atoms with Gasteiger partial charge in [-0.2, -0.15) is 0 Å². The van der Waals surface area contributed by atoms with Crippen LogP contribution in [-0.4, -0.2) is 45.9 Å². The van der Waals surface area contributed by atoms with Crippen molar-refractivity contribution in [1.82, 2.24) is 0 Å². The zero-order chi connectivity index (χ0) is 10.9. The third-order valence-electron chi connectivity index (χ3n) is 2.29. The summed E-state index contributed by atoms with van der Waals surface area (Å²) in [5.74, 6) is 0.568. The minimum absolute atomic E-state index is 0.260. The van der Waals surface area contributed by atoms with Gasteiger partial charge in [-0.1, -0.05) is 0 Å². The molecule has 0 spiro atoms. The summed E-state index contributed by atoms with van der Waals surface area (Å²) >= 11 is 0. The van der Waals surface area contributed by atoms with E-state index >= 15 is 0 Å². The van der Waals surface area contributed by atoms with Gasteiger partial charge < -0.3 is 14.2 Å². The standard InChI is InChI=1S/C11H20O4/c1-13-7-8-14-5-2-6-15-9-11(12)10-3-4-10/h10H,2-9H2,1H3. The summed E-state index contributed by atoms with van der Waals surface area (Å²) in [5, 5.41) is 0. The number of carbonyl (C=O) groups excluding carboxylic acids is 1. The Labute approximate surface area is 90.9 Å². The Morgan fingerprint density at radius 2 is 1.87 bits per heavy atom. The molecule has 0 atom stereocenters. The summed E-state index contributed by atoms with van der Waals surface area (Å²) in [6, 6.07) is 0. The van der Waals surface area contributed by atoms with Crippen molar-refractivity contribution in [3.63, 3.8) is 0 Å². The van der Waals surface area contributed by atoms with Gasteiger partial charge in [-0.05, 0) is 19.3 Å². The normalized spacial score (nSPS) is 15.5. The van der Waals surface area contributed by atoms with Gasteiger partial charge in [0.25, 0.3) is 0 Å². The lowest BCUT2D eigenvalue weighted by Gasteiger charge is -2.04. The molecule has 1 saturated carbocycles. The lowest BCUT2D eigenvalue weighted by atomic mass is 10.3. The van der Waals surface area contributed by atoms with Crippen LogP contribution in [0.3, 0.4) is 0 Å². The Bertz CT molecular complexity index is 177. The molecule has 1 rings (SSSR count). The van der Waals surface area contributed by atoms with Crippen molar-refractivity contribution in [2.75, 3.05) is 40.1 Å². The van der Waals surface area contributed by atoms with Crippen LogP contribution in [0.25, 0.3) is 0 Å². The van der Waals surface area contributed by atoms with Gasteiger partial charge in [-0.3, -0.25) is 4.79 Å². The Morgan fingerprint density at radius 3 is 2.53 bits per heavy atom. The van der Waals surface area contributed by atoms with Crippen LogP contribution < -0.4 is 0 Å². The average Bonchev–Trinajstić information content (AvgIpc) is 3.05. The van der Waals surface area contributed by atoms with E-state index in [1.54, 1.807) is 7.11 Å². The Hall–Kier alpha value is -0.450. The van der Waals surface area contributed by atoms with Gasteiger partial charge in [-0.15, -0.1) is 0 Å². The maximum Gasteiger partial charge on any atom is 0.161 e. The van der Waals surface area contributed by atoms with Crippen LogP contribution in [0, 0.1) is 5.92 Å². The van der Waals surface area contributed by atoms with Crippen molar-refractivity contribution in [3.05, 3.63) is 0 Å². The fourth-order valence-corrected chi connectivity index (χ4v) is 1.20. The predicted octanol–water partition coefficient (Wildman–Crippen LogP) is 1.04. The van der Waals surface area contributed by atoms with E-state index in [1.165, 1.54) is 0 Å². The highest BCUT2D eigenvalue weighted by atomic mass is 16.5. The molecule has 0 saturated heterocycles. The zero-order valence-electron chi connectivity index (χ0n) is 9.37. The highest BCUT2D eigenvalue weighted by Crippen LogP contribution is 2.29. The molecule has 88 valence electrons. The fraction of sp³-hybridized carbons (Fsp3) is 0.909. The second-order valence-corrected chi connectivity index (χ2v) is 3.75. The maximum atomic E-state index is 11.2. The molecule has 0 bridgehead atoms. The molecule has 0 aromatic heterocycles. The lowest BCUT2D eigenvalue weighted by Crippen LogP contribution is -2.12. The molecule has 4 nitrogen and oxygen atoms in total. The van der Waals surface area contributed by atoms with Crippen molar-refractivity contribution in [3.8, 4) is 0 Å². The third-order valence-corrected chi connectivity index (χ3v) is 2.29. The molecular formula is C11H20O4. The molecule has 15 heavy (non-hydrogen) atoms. The Morgan fingerprint density at radius 1 is 1.13 bits per heavy atom. The Balaban J connectivity index is 1.74. The first-order valence-electron chi connectivity index (χ1n) is 5.51. The van der Waals surface area contributed by atoms with Crippen molar-refractivity contribution in [1.29, 1.82) is 0 Å². The quantitative estimate of drug-likeness (QED) is 0.512. The Kier molecular flexibility index (Phi) is 6.55. The first-order valence-corrected chi connectivity index (χ1v) is 5.51. The zero-order valence-corrected chi connectivity index (χ0v) is 9.37. The SMILES string of the molecule is COCCOCCCOCC(=O)C1CC1. The van der Waals surface area contributed by atoms with Gasteiger partial charge in [0.1, 0.15) is 6.61 Å². The van der Waals surface area contributed by atoms with E-state index in [-0.39, 0.29) is 12.4 Å². The molecular weight excluding hydrogens is 196 g/mol. The smallest absolute Gasteiger partial charge is 0.161 e. The molecule has 0 aromatic carbocycles. The molecule has 1 aliphatic carbocycles. The number of ether oxygens (including phenoxy) is 3. The van der Waals surface area contributed by atoms with Crippen molar-refractivity contribution in [2.24, 2.45) is 5.92 Å². The predicted molar refractivity (Wildman–Crippen MR) is 55.9 cm³/mol. The lowest BCUT2D eigenvalue weighted by molar-refractivity contribution is -0.124. The van der Waals surface area contributed by atoms with Crippen LogP contribution in [0.2, 0.25) is 0 Å². The topological polar surface area (TPSA) is 44.8 Å². The minimum atomic E-state index is 0.260. The summed E-state index contributed by atoms with van der Waals surface area (Å²) in [6.07, 6.45) is 2.95. The van der Waals surface area contributed by atoms with Gasteiger partial charge in [0, 0.05) is 26.2 Å². The van der Waals surface area contributed by atoms with E-state index in [0.717, 1.165) is 19.3 Å². The van der Waals surface area contributed by atoms with E-state index in [1.807, 2.05) is 0 Å². The monoisotopic (exact) mass is 216 g/mol. The molecule has 0 aliphatic heterocycles. The minimum Gasteiger partial charge on any atom is -0.382 e. The van der Waals surface area contributed by atoms with E-state index < -0.39 is 0 Å². The number of rotatable bonds is 10. The third kappa shape index (κ3) is 6.60. The molecule has 1 fully saturated rings. The van der Waals surface area contributed by atoms with Crippen molar-refractivity contribution >= 4 is 5.78 Å². The van der Waals surface area contributed by atoms with Crippen LogP contribution in [-0.2, 0) is 19.0 Å². The van der Waals surface area contributed by atoms with E-state index in [2.05, 4.69) is 0 Å². The van der Waals surface area contributed by atoms with Crippen LogP contribution in [0.5, 0.6) is 0 Å². The summed E-state index contributed by atoms with van der Waals surface area (Å²) < 4.78 is 15.3. The maximum absolute atomic E-state index is 11.2. The number of carbonyl (C=O) groups is 1. The molecule has 0 N–H and O–H groups in total. The van der Waals surface area contributed by atoms with Crippen LogP contribution >= 0.6 is 0 Å². The number of Topliss-reactive ketones (excluding diaryl/α,β-unsaturated/α-hetero) is 1. The molecule has 0 aromatic rings. The molecule has 0 amide bonds. The first kappa shape index (κ1) is 12.6. The summed E-state index contributed by atoms with van der Waals surface area (Å²) in [7, 11) is 1.65. The molecule has 1 aliphatic rings. The van der Waals surface area contributed by atoms with Gasteiger partial charge in [0.15, 0.2) is 5.78 Å². The van der Waals surface area contributed by atoms with Crippen LogP contribution in [0.1, 0.15) is 19.3 Å². The summed E-state index contributed by atoms with van der Waals surface area (Å²) in [4.78, 5) is 11.2. The fourth-order valence-electron chi connectivity index (χ4n) is 1.20. The van der Waals surface area contributed by atoms with Gasteiger partial charge >= 0.3 is 0 Å². The second-order valence-electron chi connectivity index (χ2n) is 3.75. The number of methoxy groups -OCH3 is 1. The number of hydrogen-bond donors (Lipinski definition) is 0. The van der Waals surface area contributed by atoms with E-state index in [4.69, 9.17) is 14.2 Å². The summed E-state index contributed by atoms with van der Waals surface area (Å²) in [5.41, 5.74) is 0. The van der Waals surface area contributed by atoms with Gasteiger partial charge in [0.2, 0.25) is 0 Å². The van der Waals surface area contributed by atoms with Gasteiger partial charge in [-0.25, -0.2) is 0 Å². The van der Waals surface area contributed by atoms with Gasteiger partial charge in [0.05, 0.1) is 13.2 Å². The largest absolute Gasteiger partial charge is 0.382 e. The highest BCUT2D eigenvalue weighted by molar-refractivity contribution is 5.84. The van der Waals surface area contributed by atoms with Crippen LogP contribution in [0.15, 0.2) is 0 Å². The van der Waals surface area contributed by atoms with E-state index in [9.17, 15) is 4.79 Å². The number of ketones is 1. The number of hydrogen-bond acceptors (Lipinski definition) is 4. The molecule has 0 unspecified atom stereocenters. The second kappa shape index (κ2) is 7.79. The molecule has 4 heteroatoms. The summed E-state index contributed by atoms with van der Waals surface area (Å²) in [6.45, 7) is 2.80. The molecule has 0 radical (unpaired) electrons. The highest BCUT2D eigenvalue weighted by Gasteiger charge is 2.28. The van der Waals surface area contributed by atoms with Crippen molar-refractivity contribution in [2.45, 2.75) is 19.3 Å². The van der Waals surface area contributed by atoms with Crippen molar-refractivity contribution < 1.29 is 19.0 Å². The molecule has 0 heterocycles. The van der Waals surface area contributed by atoms with E-state index in [0.29, 0.717) is 32.3 Å². The first-order chi connectivity index (χ1) is 7.34. The average molecular weight is 216 g/mol.